The maximum Gasteiger partial charge on any atom is 0.0997 e. The summed E-state index contributed by atoms with van der Waals surface area (Å²) in [6, 6.07) is 7.18. The monoisotopic (exact) mass is 298 g/mol. The highest BCUT2D eigenvalue weighted by atomic mass is 35.5. The molecule has 0 saturated carbocycles. The minimum absolute atomic E-state index is 0.419. The zero-order valence-electron chi connectivity index (χ0n) is 10.9. The number of hydrogen-bond donors (Lipinski definition) is 1. The third kappa shape index (κ3) is 3.30. The summed E-state index contributed by atoms with van der Waals surface area (Å²) in [4.78, 5) is 0. The van der Waals surface area contributed by atoms with E-state index in [2.05, 4.69) is 5.10 Å². The van der Waals surface area contributed by atoms with Crippen LogP contribution in [0, 0.1) is 0 Å². The number of aryl methyl sites for hydroxylation is 2. The van der Waals surface area contributed by atoms with Crippen molar-refractivity contribution in [2.24, 2.45) is 7.05 Å². The van der Waals surface area contributed by atoms with Crippen LogP contribution >= 0.6 is 23.2 Å². The molecule has 1 unspecified atom stereocenters. The number of halogens is 2. The van der Waals surface area contributed by atoms with E-state index >= 15 is 0 Å². The minimum atomic E-state index is -0.645. The first kappa shape index (κ1) is 14.4. The molecule has 0 saturated heterocycles. The standard InChI is InChI=1S/C14H16Cl2N2O/c1-3-11-8-13(18(2)17-11)14(19)7-9-6-10(15)4-5-12(9)16/h4-6,8,14,19H,3,7H2,1-2H3. The Morgan fingerprint density at radius 1 is 1.32 bits per heavy atom. The molecule has 5 heteroatoms. The van der Waals surface area contributed by atoms with Crippen LogP contribution in [0.5, 0.6) is 0 Å². The van der Waals surface area contributed by atoms with Crippen LogP contribution in [0.25, 0.3) is 0 Å². The zero-order chi connectivity index (χ0) is 14.0. The summed E-state index contributed by atoms with van der Waals surface area (Å²) in [7, 11) is 1.83. The fourth-order valence-electron chi connectivity index (χ4n) is 2.04. The highest BCUT2D eigenvalue weighted by Gasteiger charge is 2.16. The number of rotatable bonds is 4. The molecule has 0 radical (unpaired) electrons. The summed E-state index contributed by atoms with van der Waals surface area (Å²) >= 11 is 12.1. The van der Waals surface area contributed by atoms with Gasteiger partial charge in [-0.25, -0.2) is 0 Å². The lowest BCUT2D eigenvalue weighted by Gasteiger charge is -2.12. The van der Waals surface area contributed by atoms with Gasteiger partial charge in [0.1, 0.15) is 0 Å². The van der Waals surface area contributed by atoms with Crippen molar-refractivity contribution in [1.82, 2.24) is 9.78 Å². The second-order valence-corrected chi connectivity index (χ2v) is 5.34. The molecule has 102 valence electrons. The van der Waals surface area contributed by atoms with E-state index in [-0.39, 0.29) is 0 Å². The van der Waals surface area contributed by atoms with E-state index in [1.165, 1.54) is 0 Å². The van der Waals surface area contributed by atoms with Gasteiger partial charge in [-0.1, -0.05) is 30.1 Å². The second-order valence-electron chi connectivity index (χ2n) is 4.49. The van der Waals surface area contributed by atoms with Crippen molar-refractivity contribution >= 4 is 23.2 Å². The molecule has 1 aromatic carbocycles. The van der Waals surface area contributed by atoms with Crippen molar-refractivity contribution in [3.8, 4) is 0 Å². The molecule has 1 heterocycles. The normalized spacial score (nSPS) is 12.7. The fourth-order valence-corrected chi connectivity index (χ4v) is 2.43. The minimum Gasteiger partial charge on any atom is -0.386 e. The molecule has 0 aliphatic rings. The van der Waals surface area contributed by atoms with Gasteiger partial charge in [-0.15, -0.1) is 0 Å². The molecule has 0 spiro atoms. The number of benzene rings is 1. The summed E-state index contributed by atoms with van der Waals surface area (Å²) < 4.78 is 1.71. The highest BCUT2D eigenvalue weighted by molar-refractivity contribution is 6.33. The molecule has 1 N–H and O–H groups in total. The third-order valence-corrected chi connectivity index (χ3v) is 3.70. The topological polar surface area (TPSA) is 38.0 Å². The quantitative estimate of drug-likeness (QED) is 0.937. The smallest absolute Gasteiger partial charge is 0.0997 e. The largest absolute Gasteiger partial charge is 0.386 e. The van der Waals surface area contributed by atoms with E-state index in [1.54, 1.807) is 22.9 Å². The number of aliphatic hydroxyl groups excluding tert-OH is 1. The Balaban J connectivity index is 2.22. The molecule has 3 nitrogen and oxygen atoms in total. The van der Waals surface area contributed by atoms with Gasteiger partial charge >= 0.3 is 0 Å². The van der Waals surface area contributed by atoms with E-state index < -0.39 is 6.10 Å². The first-order valence-electron chi connectivity index (χ1n) is 6.16. The van der Waals surface area contributed by atoms with Crippen molar-refractivity contribution in [3.05, 3.63) is 51.3 Å². The first-order chi connectivity index (χ1) is 9.01. The predicted molar refractivity (Wildman–Crippen MR) is 77.7 cm³/mol. The fraction of sp³-hybridized carbons (Fsp3) is 0.357. The lowest BCUT2D eigenvalue weighted by atomic mass is 10.1. The number of hydrogen-bond acceptors (Lipinski definition) is 2. The average Bonchev–Trinajstić information content (AvgIpc) is 2.75. The Bertz CT molecular complexity index is 581. The second kappa shape index (κ2) is 5.95. The van der Waals surface area contributed by atoms with Crippen molar-refractivity contribution in [3.63, 3.8) is 0 Å². The van der Waals surface area contributed by atoms with Gasteiger partial charge in [-0.05, 0) is 36.2 Å². The zero-order valence-corrected chi connectivity index (χ0v) is 12.4. The molecular formula is C14H16Cl2N2O. The molecule has 0 fully saturated rings. The van der Waals surface area contributed by atoms with Crippen LogP contribution in [0.2, 0.25) is 10.0 Å². The van der Waals surface area contributed by atoms with Gasteiger partial charge in [0.15, 0.2) is 0 Å². The van der Waals surface area contributed by atoms with Gasteiger partial charge in [0.05, 0.1) is 17.5 Å². The lowest BCUT2D eigenvalue weighted by Crippen LogP contribution is -2.08. The average molecular weight is 299 g/mol. The van der Waals surface area contributed by atoms with Crippen LogP contribution in [-0.2, 0) is 19.9 Å². The van der Waals surface area contributed by atoms with Crippen molar-refractivity contribution < 1.29 is 5.11 Å². The van der Waals surface area contributed by atoms with Crippen molar-refractivity contribution in [2.75, 3.05) is 0 Å². The summed E-state index contributed by atoms with van der Waals surface area (Å²) in [5.41, 5.74) is 2.59. The van der Waals surface area contributed by atoms with E-state index in [4.69, 9.17) is 23.2 Å². The van der Waals surface area contributed by atoms with Crippen molar-refractivity contribution in [1.29, 1.82) is 0 Å². The SMILES string of the molecule is CCc1cc(C(O)Cc2cc(Cl)ccc2Cl)n(C)n1. The molecular weight excluding hydrogens is 283 g/mol. The summed E-state index contributed by atoms with van der Waals surface area (Å²) in [6.07, 6.45) is 0.620. The van der Waals surface area contributed by atoms with Gasteiger partial charge in [-0.2, -0.15) is 5.10 Å². The Kier molecular flexibility index (Phi) is 4.50. The summed E-state index contributed by atoms with van der Waals surface area (Å²) in [6.45, 7) is 2.03. The molecule has 1 atom stereocenters. The summed E-state index contributed by atoms with van der Waals surface area (Å²) in [5, 5.41) is 15.9. The van der Waals surface area contributed by atoms with E-state index in [0.29, 0.717) is 16.5 Å². The lowest BCUT2D eigenvalue weighted by molar-refractivity contribution is 0.168. The van der Waals surface area contributed by atoms with Crippen LogP contribution < -0.4 is 0 Å². The van der Waals surface area contributed by atoms with Crippen LogP contribution in [0.3, 0.4) is 0 Å². The molecule has 19 heavy (non-hydrogen) atoms. The molecule has 1 aromatic heterocycles. The highest BCUT2D eigenvalue weighted by Crippen LogP contribution is 2.26. The third-order valence-electron chi connectivity index (χ3n) is 3.09. The maximum absolute atomic E-state index is 10.3. The number of nitrogens with zero attached hydrogens (tertiary/aromatic N) is 2. The Labute approximate surface area is 122 Å². The van der Waals surface area contributed by atoms with Crippen LogP contribution in [-0.4, -0.2) is 14.9 Å². The van der Waals surface area contributed by atoms with E-state index in [0.717, 1.165) is 23.4 Å². The predicted octanol–water partition coefficient (Wildman–Crippen LogP) is 3.57. The molecule has 0 bridgehead atoms. The van der Waals surface area contributed by atoms with Gasteiger partial charge in [0, 0.05) is 23.5 Å². The first-order valence-corrected chi connectivity index (χ1v) is 6.91. The maximum atomic E-state index is 10.3. The number of aliphatic hydroxyl groups is 1. The van der Waals surface area contributed by atoms with Crippen molar-refractivity contribution in [2.45, 2.75) is 25.9 Å². The van der Waals surface area contributed by atoms with Gasteiger partial charge in [0.25, 0.3) is 0 Å². The Hall–Kier alpha value is -1.03. The molecule has 2 aromatic rings. The van der Waals surface area contributed by atoms with Crippen LogP contribution in [0.1, 0.15) is 30.0 Å². The van der Waals surface area contributed by atoms with E-state index in [1.807, 2.05) is 20.0 Å². The molecule has 0 aliphatic carbocycles. The van der Waals surface area contributed by atoms with Crippen LogP contribution in [0.15, 0.2) is 24.3 Å². The number of aromatic nitrogens is 2. The molecule has 0 amide bonds. The van der Waals surface area contributed by atoms with Crippen LogP contribution in [0.4, 0.5) is 0 Å². The summed E-state index contributed by atoms with van der Waals surface area (Å²) in [5.74, 6) is 0. The Morgan fingerprint density at radius 3 is 2.68 bits per heavy atom. The van der Waals surface area contributed by atoms with Gasteiger partial charge in [-0.3, -0.25) is 4.68 Å². The molecule has 2 rings (SSSR count). The van der Waals surface area contributed by atoms with Gasteiger partial charge in [0.2, 0.25) is 0 Å². The Morgan fingerprint density at radius 2 is 2.05 bits per heavy atom. The molecule has 0 aliphatic heterocycles. The van der Waals surface area contributed by atoms with E-state index in [9.17, 15) is 5.11 Å². The van der Waals surface area contributed by atoms with Gasteiger partial charge < -0.3 is 5.11 Å².